The van der Waals surface area contributed by atoms with Crippen LogP contribution in [0.2, 0.25) is 0 Å². The molecule has 1 aliphatic heterocycles. The van der Waals surface area contributed by atoms with E-state index >= 15 is 0 Å². The highest BCUT2D eigenvalue weighted by Crippen LogP contribution is 2.10. The molecule has 0 radical (unpaired) electrons. The molecule has 1 aliphatic rings. The minimum Gasteiger partial charge on any atom is -0.311 e. The standard InChI is InChI=1S/C13H28N2O2S/c1-11(2)9-13-10-15(6-5-14-13)7-8-18(16,17)12(3)4/h11-14H,5-10H2,1-4H3. The summed E-state index contributed by atoms with van der Waals surface area (Å²) in [5.41, 5.74) is 0. The number of hydrogen-bond donors (Lipinski definition) is 1. The molecule has 1 rings (SSSR count). The van der Waals surface area contributed by atoms with Crippen molar-refractivity contribution < 1.29 is 8.42 Å². The van der Waals surface area contributed by atoms with Crippen LogP contribution >= 0.6 is 0 Å². The van der Waals surface area contributed by atoms with Gasteiger partial charge in [-0.15, -0.1) is 0 Å². The second kappa shape index (κ2) is 6.87. The molecule has 5 heteroatoms. The highest BCUT2D eigenvalue weighted by molar-refractivity contribution is 7.92. The van der Waals surface area contributed by atoms with E-state index < -0.39 is 9.84 Å². The van der Waals surface area contributed by atoms with Crippen molar-refractivity contribution in [3.05, 3.63) is 0 Å². The quantitative estimate of drug-likeness (QED) is 0.790. The average Bonchev–Trinajstić information content (AvgIpc) is 2.26. The first-order valence-electron chi connectivity index (χ1n) is 6.98. The van der Waals surface area contributed by atoms with Gasteiger partial charge in [0.25, 0.3) is 0 Å². The normalized spacial score (nSPS) is 22.9. The first kappa shape index (κ1) is 15.9. The Morgan fingerprint density at radius 1 is 1.28 bits per heavy atom. The molecule has 1 unspecified atom stereocenters. The zero-order valence-electron chi connectivity index (χ0n) is 12.1. The lowest BCUT2D eigenvalue weighted by molar-refractivity contribution is 0.195. The average molecular weight is 276 g/mol. The molecule has 0 aromatic carbocycles. The van der Waals surface area contributed by atoms with E-state index in [2.05, 4.69) is 24.1 Å². The number of nitrogens with zero attached hydrogens (tertiary/aromatic N) is 1. The first-order chi connectivity index (χ1) is 8.31. The maximum absolute atomic E-state index is 11.8. The molecule has 1 fully saturated rings. The summed E-state index contributed by atoms with van der Waals surface area (Å²) in [5.74, 6) is 0.973. The van der Waals surface area contributed by atoms with E-state index in [1.807, 2.05) is 0 Å². The Bertz CT molecular complexity index is 339. The molecule has 18 heavy (non-hydrogen) atoms. The molecule has 1 heterocycles. The summed E-state index contributed by atoms with van der Waals surface area (Å²) in [6, 6.07) is 0.514. The van der Waals surface area contributed by atoms with Gasteiger partial charge in [0.2, 0.25) is 0 Å². The third kappa shape index (κ3) is 5.24. The van der Waals surface area contributed by atoms with Crippen molar-refractivity contribution >= 4 is 9.84 Å². The molecule has 0 bridgehead atoms. The predicted molar refractivity (Wildman–Crippen MR) is 76.6 cm³/mol. The Morgan fingerprint density at radius 3 is 2.50 bits per heavy atom. The smallest absolute Gasteiger partial charge is 0.153 e. The SMILES string of the molecule is CC(C)CC1CN(CCS(=O)(=O)C(C)C)CCN1. The summed E-state index contributed by atoms with van der Waals surface area (Å²) in [6.45, 7) is 11.6. The summed E-state index contributed by atoms with van der Waals surface area (Å²) >= 11 is 0. The molecule has 0 saturated carbocycles. The molecule has 0 aromatic heterocycles. The van der Waals surface area contributed by atoms with Crippen molar-refractivity contribution in [2.45, 2.75) is 45.4 Å². The van der Waals surface area contributed by atoms with Gasteiger partial charge in [0.1, 0.15) is 0 Å². The minimum atomic E-state index is -2.90. The van der Waals surface area contributed by atoms with Crippen LogP contribution in [0, 0.1) is 5.92 Å². The molecule has 4 nitrogen and oxygen atoms in total. The van der Waals surface area contributed by atoms with E-state index in [0.717, 1.165) is 26.1 Å². The molecule has 1 atom stereocenters. The van der Waals surface area contributed by atoms with E-state index in [1.165, 1.54) is 0 Å². The number of hydrogen-bond acceptors (Lipinski definition) is 4. The zero-order chi connectivity index (χ0) is 13.8. The fourth-order valence-electron chi connectivity index (χ4n) is 2.32. The maximum Gasteiger partial charge on any atom is 0.153 e. The van der Waals surface area contributed by atoms with Gasteiger partial charge in [-0.3, -0.25) is 4.90 Å². The highest BCUT2D eigenvalue weighted by Gasteiger charge is 2.22. The van der Waals surface area contributed by atoms with Crippen molar-refractivity contribution in [2.24, 2.45) is 5.92 Å². The van der Waals surface area contributed by atoms with Gasteiger partial charge in [-0.2, -0.15) is 0 Å². The summed E-state index contributed by atoms with van der Waals surface area (Å²) in [7, 11) is -2.90. The van der Waals surface area contributed by atoms with Gasteiger partial charge in [-0.1, -0.05) is 13.8 Å². The van der Waals surface area contributed by atoms with Crippen LogP contribution < -0.4 is 5.32 Å². The Labute approximate surface area is 112 Å². The van der Waals surface area contributed by atoms with Crippen molar-refractivity contribution in [2.75, 3.05) is 31.9 Å². The van der Waals surface area contributed by atoms with Gasteiger partial charge in [-0.05, 0) is 26.2 Å². The Morgan fingerprint density at radius 2 is 1.94 bits per heavy atom. The van der Waals surface area contributed by atoms with Crippen LogP contribution in [0.25, 0.3) is 0 Å². The molecule has 0 spiro atoms. The predicted octanol–water partition coefficient (Wildman–Crippen LogP) is 1.13. The lowest BCUT2D eigenvalue weighted by Crippen LogP contribution is -2.52. The highest BCUT2D eigenvalue weighted by atomic mass is 32.2. The topological polar surface area (TPSA) is 49.4 Å². The van der Waals surface area contributed by atoms with Crippen LogP contribution in [0.1, 0.15) is 34.1 Å². The van der Waals surface area contributed by atoms with E-state index in [1.54, 1.807) is 13.8 Å². The van der Waals surface area contributed by atoms with Gasteiger partial charge >= 0.3 is 0 Å². The fraction of sp³-hybridized carbons (Fsp3) is 1.00. The van der Waals surface area contributed by atoms with Crippen LogP contribution in [0.5, 0.6) is 0 Å². The second-order valence-electron chi connectivity index (χ2n) is 6.00. The van der Waals surface area contributed by atoms with Gasteiger partial charge < -0.3 is 5.32 Å². The van der Waals surface area contributed by atoms with E-state index in [9.17, 15) is 8.42 Å². The van der Waals surface area contributed by atoms with Crippen molar-refractivity contribution in [1.29, 1.82) is 0 Å². The monoisotopic (exact) mass is 276 g/mol. The van der Waals surface area contributed by atoms with Crippen LogP contribution in [-0.4, -0.2) is 56.5 Å². The molecule has 0 amide bonds. The molecule has 1 N–H and O–H groups in total. The Kier molecular flexibility index (Phi) is 6.08. The fourth-order valence-corrected chi connectivity index (χ4v) is 3.30. The lowest BCUT2D eigenvalue weighted by Gasteiger charge is -2.34. The number of rotatable bonds is 6. The number of nitrogens with one attached hydrogen (secondary N) is 1. The van der Waals surface area contributed by atoms with Crippen molar-refractivity contribution in [3.8, 4) is 0 Å². The molecular formula is C13H28N2O2S. The van der Waals surface area contributed by atoms with Crippen molar-refractivity contribution in [1.82, 2.24) is 10.2 Å². The van der Waals surface area contributed by atoms with Crippen molar-refractivity contribution in [3.63, 3.8) is 0 Å². The Hall–Kier alpha value is -0.130. The largest absolute Gasteiger partial charge is 0.311 e. The Balaban J connectivity index is 2.39. The summed E-state index contributed by atoms with van der Waals surface area (Å²) < 4.78 is 23.6. The molecule has 0 aromatic rings. The molecular weight excluding hydrogens is 248 g/mol. The van der Waals surface area contributed by atoms with E-state index in [0.29, 0.717) is 24.3 Å². The molecule has 1 saturated heterocycles. The third-order valence-electron chi connectivity index (χ3n) is 3.51. The maximum atomic E-state index is 11.8. The third-order valence-corrected chi connectivity index (χ3v) is 5.69. The van der Waals surface area contributed by atoms with Gasteiger partial charge in [0, 0.05) is 32.2 Å². The summed E-state index contributed by atoms with van der Waals surface area (Å²) in [5, 5.41) is 3.25. The number of piperazine rings is 1. The van der Waals surface area contributed by atoms with Crippen LogP contribution in [0.3, 0.4) is 0 Å². The molecule has 108 valence electrons. The van der Waals surface area contributed by atoms with E-state index in [-0.39, 0.29) is 5.25 Å². The zero-order valence-corrected chi connectivity index (χ0v) is 13.0. The molecule has 0 aliphatic carbocycles. The van der Waals surface area contributed by atoms with Gasteiger partial charge in [0.15, 0.2) is 9.84 Å². The van der Waals surface area contributed by atoms with Gasteiger partial charge in [-0.25, -0.2) is 8.42 Å². The van der Waals surface area contributed by atoms with Crippen LogP contribution in [0.15, 0.2) is 0 Å². The summed E-state index contributed by atoms with van der Waals surface area (Å²) in [4.78, 5) is 2.28. The second-order valence-corrected chi connectivity index (χ2v) is 8.67. The van der Waals surface area contributed by atoms with Gasteiger partial charge in [0.05, 0.1) is 11.0 Å². The van der Waals surface area contributed by atoms with Crippen LogP contribution in [0.4, 0.5) is 0 Å². The minimum absolute atomic E-state index is 0.258. The lowest BCUT2D eigenvalue weighted by atomic mass is 10.0. The summed E-state index contributed by atoms with van der Waals surface area (Å²) in [6.07, 6.45) is 1.16. The first-order valence-corrected chi connectivity index (χ1v) is 8.70. The number of sulfone groups is 1. The van der Waals surface area contributed by atoms with E-state index in [4.69, 9.17) is 0 Å². The van der Waals surface area contributed by atoms with Crippen LogP contribution in [-0.2, 0) is 9.84 Å².